The second-order valence-electron chi connectivity index (χ2n) is 4.35. The van der Waals surface area contributed by atoms with Crippen molar-refractivity contribution in [1.82, 2.24) is 10.1 Å². The summed E-state index contributed by atoms with van der Waals surface area (Å²) in [5.41, 5.74) is 3.77. The molecule has 0 unspecified atom stereocenters. The van der Waals surface area contributed by atoms with Gasteiger partial charge in [0, 0.05) is 0 Å². The number of hydrogen-bond donors (Lipinski definition) is 2. The summed E-state index contributed by atoms with van der Waals surface area (Å²) in [7, 11) is -2.10. The third-order valence-electron chi connectivity index (χ3n) is 2.92. The van der Waals surface area contributed by atoms with Crippen LogP contribution < -0.4 is 10.1 Å². The lowest BCUT2D eigenvalue weighted by Crippen LogP contribution is -2.19. The van der Waals surface area contributed by atoms with Crippen molar-refractivity contribution in [1.29, 1.82) is 0 Å². The van der Waals surface area contributed by atoms with Gasteiger partial charge in [0.1, 0.15) is 0 Å². The van der Waals surface area contributed by atoms with Gasteiger partial charge in [0.2, 0.25) is 10.0 Å². The van der Waals surface area contributed by atoms with E-state index in [4.69, 9.17) is 0 Å². The van der Waals surface area contributed by atoms with E-state index in [2.05, 4.69) is 15.2 Å². The molecule has 0 aliphatic carbocycles. The highest BCUT2D eigenvalue weighted by Gasteiger charge is 2.11. The molecule has 0 fully saturated rings. The summed E-state index contributed by atoms with van der Waals surface area (Å²) >= 11 is 1.33. The van der Waals surface area contributed by atoms with Crippen LogP contribution >= 0.6 is 11.3 Å². The van der Waals surface area contributed by atoms with Gasteiger partial charge in [-0.1, -0.05) is 18.2 Å². The van der Waals surface area contributed by atoms with Crippen LogP contribution in [0.5, 0.6) is 0 Å². The lowest BCUT2D eigenvalue weighted by atomic mass is 10.1. The molecule has 0 saturated carbocycles. The highest BCUT2D eigenvalue weighted by molar-refractivity contribution is 7.89. The predicted octanol–water partition coefficient (Wildman–Crippen LogP) is 1.81. The molecule has 22 heavy (non-hydrogen) atoms. The van der Waals surface area contributed by atoms with Gasteiger partial charge >= 0.3 is 0 Å². The van der Waals surface area contributed by atoms with Gasteiger partial charge in [0.05, 0.1) is 15.5 Å². The quantitative estimate of drug-likeness (QED) is 0.644. The molecule has 0 radical (unpaired) electrons. The molecular weight excluding hydrogens is 322 g/mol. The van der Waals surface area contributed by atoms with Gasteiger partial charge in [-0.15, -0.1) is 11.3 Å². The van der Waals surface area contributed by atoms with Crippen LogP contribution in [0.3, 0.4) is 0 Å². The molecule has 1 amide bonds. The molecule has 1 aromatic carbocycles. The minimum absolute atomic E-state index is 0.175. The number of amides is 1. The summed E-state index contributed by atoms with van der Waals surface area (Å²) in [5.74, 6) is -0.274. The molecule has 0 aliphatic rings. The maximum Gasteiger partial charge on any atom is 0.281 e. The summed E-state index contributed by atoms with van der Waals surface area (Å²) in [6.07, 6.45) is 0. The second kappa shape index (κ2) is 6.82. The van der Waals surface area contributed by atoms with Crippen molar-refractivity contribution in [2.45, 2.75) is 11.8 Å². The van der Waals surface area contributed by atoms with E-state index in [9.17, 15) is 13.2 Å². The Labute approximate surface area is 132 Å². The van der Waals surface area contributed by atoms with Crippen molar-refractivity contribution in [2.75, 3.05) is 7.05 Å². The van der Waals surface area contributed by atoms with E-state index in [1.807, 2.05) is 5.38 Å². The summed E-state index contributed by atoms with van der Waals surface area (Å²) in [5, 5.41) is 5.83. The van der Waals surface area contributed by atoms with Crippen LogP contribution in [0, 0.1) is 0 Å². The highest BCUT2D eigenvalue weighted by Crippen LogP contribution is 2.11. The Balaban J connectivity index is 2.11. The molecule has 0 atom stereocenters. The third kappa shape index (κ3) is 3.79. The van der Waals surface area contributed by atoms with Gasteiger partial charge < -0.3 is 0 Å². The first kappa shape index (κ1) is 16.3. The fourth-order valence-corrected chi connectivity index (χ4v) is 3.00. The van der Waals surface area contributed by atoms with E-state index in [0.717, 1.165) is 5.56 Å². The normalized spacial score (nSPS) is 12.2. The molecule has 1 heterocycles. The number of rotatable bonds is 5. The van der Waals surface area contributed by atoms with Crippen molar-refractivity contribution in [3.05, 3.63) is 52.2 Å². The van der Waals surface area contributed by atoms with E-state index >= 15 is 0 Å². The van der Waals surface area contributed by atoms with Gasteiger partial charge in [0.15, 0.2) is 0 Å². The smallest absolute Gasteiger partial charge is 0.266 e. The topological polar surface area (TPSA) is 87.6 Å². The van der Waals surface area contributed by atoms with Gasteiger partial charge in [-0.2, -0.15) is 5.10 Å². The van der Waals surface area contributed by atoms with E-state index in [-0.39, 0.29) is 10.8 Å². The molecule has 0 bridgehead atoms. The molecule has 2 N–H and O–H groups in total. The summed E-state index contributed by atoms with van der Waals surface area (Å²) in [6, 6.07) is 9.75. The Morgan fingerprint density at radius 2 is 1.86 bits per heavy atom. The number of hydrogen-bond acceptors (Lipinski definition) is 5. The van der Waals surface area contributed by atoms with Crippen molar-refractivity contribution in [2.24, 2.45) is 5.10 Å². The number of sulfonamides is 1. The minimum atomic E-state index is -3.45. The summed E-state index contributed by atoms with van der Waals surface area (Å²) in [4.78, 5) is 12.5. The Hall–Kier alpha value is -2.03. The van der Waals surface area contributed by atoms with Crippen LogP contribution in [-0.2, 0) is 10.0 Å². The molecule has 2 aromatic rings. The molecule has 116 valence electrons. The van der Waals surface area contributed by atoms with Gasteiger partial charge in [-0.05, 0) is 43.1 Å². The van der Waals surface area contributed by atoms with Crippen LogP contribution in [0.4, 0.5) is 0 Å². The number of nitrogens with one attached hydrogen (secondary N) is 2. The van der Waals surface area contributed by atoms with Crippen LogP contribution in [0.1, 0.15) is 22.2 Å². The van der Waals surface area contributed by atoms with Gasteiger partial charge in [-0.25, -0.2) is 18.6 Å². The molecule has 0 aliphatic heterocycles. The fourth-order valence-electron chi connectivity index (χ4n) is 1.66. The van der Waals surface area contributed by atoms with Crippen LogP contribution in [0.25, 0.3) is 0 Å². The largest absolute Gasteiger partial charge is 0.281 e. The number of hydrazone groups is 1. The third-order valence-corrected chi connectivity index (χ3v) is 5.22. The maximum atomic E-state index is 11.8. The number of carbonyl (C=O) groups is 1. The molecule has 0 spiro atoms. The molecular formula is C14H15N3O3S2. The van der Waals surface area contributed by atoms with Crippen LogP contribution in [0.2, 0.25) is 0 Å². The average Bonchev–Trinajstić information content (AvgIpc) is 3.07. The number of carbonyl (C=O) groups excluding carboxylic acids is 1. The first-order valence-electron chi connectivity index (χ1n) is 6.36. The Morgan fingerprint density at radius 3 is 2.41 bits per heavy atom. The molecule has 1 aromatic heterocycles. The maximum absolute atomic E-state index is 11.8. The highest BCUT2D eigenvalue weighted by atomic mass is 32.2. The van der Waals surface area contributed by atoms with E-state index in [0.29, 0.717) is 10.6 Å². The van der Waals surface area contributed by atoms with E-state index < -0.39 is 10.0 Å². The van der Waals surface area contributed by atoms with E-state index in [1.54, 1.807) is 31.2 Å². The zero-order chi connectivity index (χ0) is 16.2. The van der Waals surface area contributed by atoms with Crippen molar-refractivity contribution >= 4 is 33.0 Å². The average molecular weight is 337 g/mol. The first-order chi connectivity index (χ1) is 10.4. The lowest BCUT2D eigenvalue weighted by molar-refractivity contribution is 0.0959. The zero-order valence-electron chi connectivity index (χ0n) is 12.0. The van der Waals surface area contributed by atoms with Gasteiger partial charge in [0.25, 0.3) is 5.91 Å². The molecule has 2 rings (SSSR count). The number of nitrogens with zero attached hydrogens (tertiary/aromatic N) is 1. The first-order valence-corrected chi connectivity index (χ1v) is 8.72. The Morgan fingerprint density at radius 1 is 1.18 bits per heavy atom. The monoisotopic (exact) mass is 337 g/mol. The standard InChI is InChI=1S/C14H15N3O3S2/c1-10(16-17-14(18)13-4-3-9-21-13)11-5-7-12(8-6-11)22(19,20)15-2/h3-9,15H,1-2H3,(H,17,18)/b16-10-. The SMILES string of the molecule is CNS(=O)(=O)c1ccc(/C(C)=N\NC(=O)c2cccs2)cc1. The second-order valence-corrected chi connectivity index (χ2v) is 7.18. The van der Waals surface area contributed by atoms with E-state index in [1.165, 1.54) is 30.5 Å². The van der Waals surface area contributed by atoms with Crippen molar-refractivity contribution < 1.29 is 13.2 Å². The predicted molar refractivity (Wildman–Crippen MR) is 86.7 cm³/mol. The van der Waals surface area contributed by atoms with Crippen molar-refractivity contribution in [3.8, 4) is 0 Å². The van der Waals surface area contributed by atoms with Crippen LogP contribution in [0.15, 0.2) is 51.8 Å². The Bertz CT molecular complexity index is 779. The fraction of sp³-hybridized carbons (Fsp3) is 0.143. The summed E-state index contributed by atoms with van der Waals surface area (Å²) in [6.45, 7) is 1.73. The molecule has 8 heteroatoms. The lowest BCUT2D eigenvalue weighted by Gasteiger charge is -2.05. The molecule has 6 nitrogen and oxygen atoms in total. The van der Waals surface area contributed by atoms with Crippen LogP contribution in [-0.4, -0.2) is 27.1 Å². The van der Waals surface area contributed by atoms with Gasteiger partial charge in [-0.3, -0.25) is 4.79 Å². The van der Waals surface area contributed by atoms with Crippen molar-refractivity contribution in [3.63, 3.8) is 0 Å². The zero-order valence-corrected chi connectivity index (χ0v) is 13.7. The number of benzene rings is 1. The minimum Gasteiger partial charge on any atom is -0.266 e. The number of thiophene rings is 1. The summed E-state index contributed by atoms with van der Waals surface area (Å²) < 4.78 is 25.5. The molecule has 0 saturated heterocycles. The Kier molecular flexibility index (Phi) is 5.07.